The van der Waals surface area contributed by atoms with Gasteiger partial charge in [-0.2, -0.15) is 0 Å². The van der Waals surface area contributed by atoms with Gasteiger partial charge in [-0.15, -0.1) is 0 Å². The van der Waals surface area contributed by atoms with Gasteiger partial charge in [-0.3, -0.25) is 9.69 Å². The molecule has 1 amide bonds. The second-order valence-corrected chi connectivity index (χ2v) is 8.79. The zero-order valence-corrected chi connectivity index (χ0v) is 19.0. The van der Waals surface area contributed by atoms with Crippen LogP contribution in [0.1, 0.15) is 34.6 Å². The van der Waals surface area contributed by atoms with E-state index in [-0.39, 0.29) is 11.8 Å². The molecular formula is C28H32N2O2. The molecule has 1 saturated heterocycles. The number of carbonyl (C=O) groups is 1. The maximum atomic E-state index is 13.2. The first-order valence-electron chi connectivity index (χ1n) is 11.3. The van der Waals surface area contributed by atoms with Crippen molar-refractivity contribution in [3.63, 3.8) is 0 Å². The van der Waals surface area contributed by atoms with E-state index < -0.39 is 0 Å². The smallest absolute Gasteiger partial charge is 0.224 e. The Morgan fingerprint density at radius 3 is 2.53 bits per heavy atom. The molecule has 1 aliphatic rings. The average molecular weight is 429 g/mol. The number of nitrogens with zero attached hydrogens (tertiary/aromatic N) is 1. The van der Waals surface area contributed by atoms with Crippen LogP contribution in [0.25, 0.3) is 0 Å². The van der Waals surface area contributed by atoms with Crippen LogP contribution in [0.2, 0.25) is 0 Å². The van der Waals surface area contributed by atoms with E-state index in [2.05, 4.69) is 71.7 Å². The fourth-order valence-corrected chi connectivity index (χ4v) is 4.66. The summed E-state index contributed by atoms with van der Waals surface area (Å²) in [4.78, 5) is 15.6. The predicted octanol–water partition coefficient (Wildman–Crippen LogP) is 4.93. The van der Waals surface area contributed by atoms with Crippen LogP contribution in [-0.2, 0) is 17.9 Å². The highest BCUT2D eigenvalue weighted by molar-refractivity contribution is 5.79. The van der Waals surface area contributed by atoms with Crippen molar-refractivity contribution < 1.29 is 9.53 Å². The van der Waals surface area contributed by atoms with Crippen molar-refractivity contribution in [2.24, 2.45) is 5.92 Å². The van der Waals surface area contributed by atoms with Crippen molar-refractivity contribution in [2.45, 2.75) is 32.4 Å². The standard InChI is InChI=1S/C28H32N2O2/c1-21-8-6-9-22(14-21)17-29-28(31)26-16-25(24-11-4-3-5-12-24)19-30(20-26)18-23-10-7-13-27(15-23)32-2/h3-15,25-26H,16-20H2,1-2H3,(H,29,31). The van der Waals surface area contributed by atoms with Gasteiger partial charge in [-0.25, -0.2) is 0 Å². The molecule has 32 heavy (non-hydrogen) atoms. The minimum absolute atomic E-state index is 0.0376. The van der Waals surface area contributed by atoms with Crippen LogP contribution in [0.15, 0.2) is 78.9 Å². The number of amides is 1. The molecule has 1 N–H and O–H groups in total. The molecule has 1 fully saturated rings. The van der Waals surface area contributed by atoms with Crippen molar-refractivity contribution in [3.05, 3.63) is 101 Å². The summed E-state index contributed by atoms with van der Waals surface area (Å²) in [6.45, 7) is 5.17. The van der Waals surface area contributed by atoms with E-state index in [1.165, 1.54) is 16.7 Å². The Balaban J connectivity index is 1.48. The Bertz CT molecular complexity index is 1030. The van der Waals surface area contributed by atoms with Gasteiger partial charge in [-0.05, 0) is 48.1 Å². The van der Waals surface area contributed by atoms with Crippen molar-refractivity contribution >= 4 is 5.91 Å². The van der Waals surface area contributed by atoms with Crippen LogP contribution in [-0.4, -0.2) is 31.0 Å². The zero-order valence-electron chi connectivity index (χ0n) is 19.0. The van der Waals surface area contributed by atoms with Crippen LogP contribution < -0.4 is 10.1 Å². The third kappa shape index (κ3) is 5.77. The topological polar surface area (TPSA) is 41.6 Å². The number of benzene rings is 3. The molecular weight excluding hydrogens is 396 g/mol. The Labute approximate surface area is 191 Å². The minimum Gasteiger partial charge on any atom is -0.497 e. The van der Waals surface area contributed by atoms with Crippen LogP contribution in [0.4, 0.5) is 0 Å². The monoisotopic (exact) mass is 428 g/mol. The highest BCUT2D eigenvalue weighted by Gasteiger charge is 2.32. The van der Waals surface area contributed by atoms with Gasteiger partial charge in [0.15, 0.2) is 0 Å². The molecule has 0 saturated carbocycles. The van der Waals surface area contributed by atoms with E-state index in [9.17, 15) is 4.79 Å². The lowest BCUT2D eigenvalue weighted by Crippen LogP contribution is -2.45. The Hall–Kier alpha value is -3.11. The fraction of sp³-hybridized carbons (Fsp3) is 0.321. The lowest BCUT2D eigenvalue weighted by Gasteiger charge is -2.37. The molecule has 0 radical (unpaired) electrons. The number of piperidine rings is 1. The van der Waals surface area contributed by atoms with Crippen molar-refractivity contribution in [2.75, 3.05) is 20.2 Å². The molecule has 0 aromatic heterocycles. The zero-order chi connectivity index (χ0) is 22.3. The normalized spacial score (nSPS) is 18.8. The van der Waals surface area contributed by atoms with E-state index in [1.807, 2.05) is 24.3 Å². The first-order chi connectivity index (χ1) is 15.6. The number of likely N-dealkylation sites (tertiary alicyclic amines) is 1. The van der Waals surface area contributed by atoms with E-state index in [1.54, 1.807) is 7.11 Å². The van der Waals surface area contributed by atoms with Gasteiger partial charge in [0.25, 0.3) is 0 Å². The third-order valence-electron chi connectivity index (χ3n) is 6.26. The van der Waals surface area contributed by atoms with Gasteiger partial charge in [0.1, 0.15) is 5.75 Å². The quantitative estimate of drug-likeness (QED) is 0.580. The summed E-state index contributed by atoms with van der Waals surface area (Å²) in [6.07, 6.45) is 0.873. The maximum Gasteiger partial charge on any atom is 0.224 e. The van der Waals surface area contributed by atoms with Crippen LogP contribution in [0.3, 0.4) is 0 Å². The van der Waals surface area contributed by atoms with Crippen LogP contribution in [0.5, 0.6) is 5.75 Å². The number of aryl methyl sites for hydroxylation is 1. The molecule has 3 aromatic carbocycles. The number of rotatable bonds is 7. The lowest BCUT2D eigenvalue weighted by molar-refractivity contribution is -0.127. The van der Waals surface area contributed by atoms with Crippen molar-refractivity contribution in [3.8, 4) is 5.75 Å². The third-order valence-corrected chi connectivity index (χ3v) is 6.26. The maximum absolute atomic E-state index is 13.2. The highest BCUT2D eigenvalue weighted by Crippen LogP contribution is 2.31. The Kier molecular flexibility index (Phi) is 7.23. The van der Waals surface area contributed by atoms with E-state index in [0.29, 0.717) is 12.5 Å². The van der Waals surface area contributed by atoms with Gasteiger partial charge in [0.05, 0.1) is 13.0 Å². The summed E-state index contributed by atoms with van der Waals surface area (Å²) < 4.78 is 5.39. The van der Waals surface area contributed by atoms with Crippen molar-refractivity contribution in [1.29, 1.82) is 0 Å². The summed E-state index contributed by atoms with van der Waals surface area (Å²) in [7, 11) is 1.69. The second kappa shape index (κ2) is 10.5. The lowest BCUT2D eigenvalue weighted by atomic mass is 9.84. The van der Waals surface area contributed by atoms with Gasteiger partial charge in [0, 0.05) is 26.2 Å². The van der Waals surface area contributed by atoms with Gasteiger partial charge in [0.2, 0.25) is 5.91 Å². The van der Waals surface area contributed by atoms with E-state index >= 15 is 0 Å². The fourth-order valence-electron chi connectivity index (χ4n) is 4.66. The SMILES string of the molecule is COc1cccc(CN2CC(C(=O)NCc3cccc(C)c3)CC(c3ccccc3)C2)c1. The number of hydrogen-bond acceptors (Lipinski definition) is 3. The number of carbonyl (C=O) groups excluding carboxylic acids is 1. The molecule has 2 unspecified atom stereocenters. The molecule has 166 valence electrons. The van der Waals surface area contributed by atoms with E-state index in [4.69, 9.17) is 4.74 Å². The molecule has 0 aliphatic carbocycles. The molecule has 0 bridgehead atoms. The van der Waals surface area contributed by atoms with Gasteiger partial charge in [-0.1, -0.05) is 72.3 Å². The molecule has 0 spiro atoms. The van der Waals surface area contributed by atoms with Crippen LogP contribution >= 0.6 is 0 Å². The predicted molar refractivity (Wildman–Crippen MR) is 129 cm³/mol. The number of hydrogen-bond donors (Lipinski definition) is 1. The first-order valence-corrected chi connectivity index (χ1v) is 11.3. The Morgan fingerprint density at radius 2 is 1.75 bits per heavy atom. The Morgan fingerprint density at radius 1 is 0.969 bits per heavy atom. The highest BCUT2D eigenvalue weighted by atomic mass is 16.5. The molecule has 4 nitrogen and oxygen atoms in total. The second-order valence-electron chi connectivity index (χ2n) is 8.79. The molecule has 4 heteroatoms. The summed E-state index contributed by atoms with van der Waals surface area (Å²) in [5.74, 6) is 1.31. The molecule has 3 aromatic rings. The molecule has 2 atom stereocenters. The summed E-state index contributed by atoms with van der Waals surface area (Å²) in [5, 5.41) is 3.18. The average Bonchev–Trinajstić information content (AvgIpc) is 2.83. The molecule has 1 aliphatic heterocycles. The number of methoxy groups -OCH3 is 1. The van der Waals surface area contributed by atoms with Gasteiger partial charge >= 0.3 is 0 Å². The summed E-state index contributed by atoms with van der Waals surface area (Å²) >= 11 is 0. The molecule has 4 rings (SSSR count). The van der Waals surface area contributed by atoms with E-state index in [0.717, 1.165) is 37.4 Å². The number of ether oxygens (including phenoxy) is 1. The summed E-state index contributed by atoms with van der Waals surface area (Å²) in [6, 6.07) is 27.1. The first kappa shape index (κ1) is 22.1. The van der Waals surface area contributed by atoms with Gasteiger partial charge < -0.3 is 10.1 Å². The molecule has 1 heterocycles. The number of nitrogens with one attached hydrogen (secondary N) is 1. The van der Waals surface area contributed by atoms with Crippen molar-refractivity contribution in [1.82, 2.24) is 10.2 Å². The largest absolute Gasteiger partial charge is 0.497 e. The van der Waals surface area contributed by atoms with Crippen LogP contribution in [0, 0.1) is 12.8 Å². The minimum atomic E-state index is -0.0376. The summed E-state index contributed by atoms with van der Waals surface area (Å²) in [5.41, 5.74) is 4.86.